The van der Waals surface area contributed by atoms with E-state index in [2.05, 4.69) is 40.7 Å². The maximum Gasteiger partial charge on any atom is 0.168 e. The lowest BCUT2D eigenvalue weighted by atomic mass is 10.1. The topological polar surface area (TPSA) is 27.1 Å². The van der Waals surface area contributed by atoms with E-state index >= 15 is 0 Å². The fourth-order valence-electron chi connectivity index (χ4n) is 2.61. The lowest BCUT2D eigenvalue weighted by Crippen LogP contribution is -2.16. The summed E-state index contributed by atoms with van der Waals surface area (Å²) in [4.78, 5) is 4.59. The van der Waals surface area contributed by atoms with Crippen LogP contribution in [0.25, 0.3) is 11.3 Å². The van der Waals surface area contributed by atoms with Crippen LogP contribution < -0.4 is 0 Å². The summed E-state index contributed by atoms with van der Waals surface area (Å²) in [5.41, 5.74) is 2.41. The molecule has 0 bridgehead atoms. The molecule has 106 valence electrons. The molecule has 3 nitrogen and oxygen atoms in total. The van der Waals surface area contributed by atoms with Gasteiger partial charge in [0.2, 0.25) is 0 Å². The molecular weight excluding hydrogens is 268 g/mol. The summed E-state index contributed by atoms with van der Waals surface area (Å²) in [6, 6.07) is 10.5. The number of aromatic nitrogens is 2. The number of hydrogen-bond acceptors (Lipinski definition) is 3. The second-order valence-corrected chi connectivity index (χ2v) is 6.20. The van der Waals surface area contributed by atoms with Crippen molar-refractivity contribution in [2.75, 3.05) is 12.4 Å². The van der Waals surface area contributed by atoms with Crippen molar-refractivity contribution in [3.05, 3.63) is 36.5 Å². The van der Waals surface area contributed by atoms with Crippen LogP contribution in [-0.2, 0) is 11.3 Å². The minimum absolute atomic E-state index is 0.336. The largest absolute Gasteiger partial charge is 0.376 e. The Morgan fingerprint density at radius 3 is 2.90 bits per heavy atom. The number of nitrogens with zero attached hydrogens (tertiary/aromatic N) is 2. The zero-order chi connectivity index (χ0) is 13.8. The van der Waals surface area contributed by atoms with Crippen molar-refractivity contribution in [1.29, 1.82) is 0 Å². The van der Waals surface area contributed by atoms with Crippen molar-refractivity contribution in [2.24, 2.45) is 0 Å². The number of imidazole rings is 1. The minimum atomic E-state index is 0.336. The Morgan fingerprint density at radius 1 is 1.35 bits per heavy atom. The van der Waals surface area contributed by atoms with Gasteiger partial charge in [0.05, 0.1) is 24.5 Å². The lowest BCUT2D eigenvalue weighted by Gasteiger charge is -2.15. The van der Waals surface area contributed by atoms with Crippen molar-refractivity contribution in [3.63, 3.8) is 0 Å². The van der Waals surface area contributed by atoms with Gasteiger partial charge in [-0.3, -0.25) is 0 Å². The van der Waals surface area contributed by atoms with Crippen LogP contribution in [0, 0.1) is 0 Å². The van der Waals surface area contributed by atoms with Gasteiger partial charge in [0.15, 0.2) is 5.16 Å². The zero-order valence-corrected chi connectivity index (χ0v) is 12.6. The maximum absolute atomic E-state index is 5.79. The quantitative estimate of drug-likeness (QED) is 0.782. The highest BCUT2D eigenvalue weighted by atomic mass is 32.2. The molecule has 1 fully saturated rings. The average Bonchev–Trinajstić information content (AvgIpc) is 3.12. The van der Waals surface area contributed by atoms with Crippen molar-refractivity contribution in [2.45, 2.75) is 37.6 Å². The second-order valence-electron chi connectivity index (χ2n) is 4.97. The van der Waals surface area contributed by atoms with E-state index in [9.17, 15) is 0 Å². The molecule has 1 atom stereocenters. The van der Waals surface area contributed by atoms with Gasteiger partial charge >= 0.3 is 0 Å². The molecule has 0 saturated carbocycles. The maximum atomic E-state index is 5.79. The van der Waals surface area contributed by atoms with Crippen LogP contribution >= 0.6 is 11.8 Å². The summed E-state index contributed by atoms with van der Waals surface area (Å²) in [5.74, 6) is 1.04. The molecule has 0 spiro atoms. The van der Waals surface area contributed by atoms with E-state index in [1.165, 1.54) is 17.7 Å². The normalized spacial score (nSPS) is 18.6. The molecule has 1 aromatic heterocycles. The summed E-state index contributed by atoms with van der Waals surface area (Å²) < 4.78 is 8.11. The SMILES string of the molecule is CCSc1ncc(-c2ccccc2)n1C[C@@H]1CCCO1. The van der Waals surface area contributed by atoms with Crippen LogP contribution in [0.4, 0.5) is 0 Å². The van der Waals surface area contributed by atoms with Gasteiger partial charge in [-0.15, -0.1) is 0 Å². The number of benzene rings is 1. The van der Waals surface area contributed by atoms with Crippen molar-refractivity contribution in [3.8, 4) is 11.3 Å². The van der Waals surface area contributed by atoms with Crippen LogP contribution in [-0.4, -0.2) is 28.0 Å². The number of ether oxygens (including phenoxy) is 1. The van der Waals surface area contributed by atoms with Crippen molar-refractivity contribution >= 4 is 11.8 Å². The van der Waals surface area contributed by atoms with Crippen LogP contribution in [0.2, 0.25) is 0 Å². The molecular formula is C16H20N2OS. The molecule has 0 amide bonds. The number of thioether (sulfide) groups is 1. The summed E-state index contributed by atoms with van der Waals surface area (Å²) in [6.45, 7) is 3.97. The van der Waals surface area contributed by atoms with Crippen molar-refractivity contribution in [1.82, 2.24) is 9.55 Å². The molecule has 4 heteroatoms. The number of hydrogen-bond donors (Lipinski definition) is 0. The van der Waals surface area contributed by atoms with Gasteiger partial charge < -0.3 is 9.30 Å². The molecule has 20 heavy (non-hydrogen) atoms. The van der Waals surface area contributed by atoms with Crippen LogP contribution in [0.1, 0.15) is 19.8 Å². The molecule has 3 rings (SSSR count). The predicted octanol–water partition coefficient (Wildman–Crippen LogP) is 3.84. The molecule has 0 N–H and O–H groups in total. The Hall–Kier alpha value is -1.26. The number of rotatable bonds is 5. The summed E-state index contributed by atoms with van der Waals surface area (Å²) in [7, 11) is 0. The van der Waals surface area contributed by atoms with Crippen molar-refractivity contribution < 1.29 is 4.74 Å². The second kappa shape index (κ2) is 6.46. The first-order chi connectivity index (χ1) is 9.88. The molecule has 2 aromatic rings. The smallest absolute Gasteiger partial charge is 0.168 e. The standard InChI is InChI=1S/C16H20N2OS/c1-2-20-16-17-11-15(13-7-4-3-5-8-13)18(16)12-14-9-6-10-19-14/h3-5,7-8,11,14H,2,6,9-10,12H2,1H3/t14-/m0/s1. The van der Waals surface area contributed by atoms with Gasteiger partial charge in [-0.05, 0) is 24.2 Å². The van der Waals surface area contributed by atoms with Gasteiger partial charge in [0.1, 0.15) is 0 Å². The van der Waals surface area contributed by atoms with E-state index in [4.69, 9.17) is 4.74 Å². The summed E-state index contributed by atoms with van der Waals surface area (Å²) in [6.07, 6.45) is 4.66. The molecule has 1 aliphatic rings. The Morgan fingerprint density at radius 2 is 2.20 bits per heavy atom. The molecule has 1 saturated heterocycles. The molecule has 0 aliphatic carbocycles. The highest BCUT2D eigenvalue weighted by molar-refractivity contribution is 7.99. The minimum Gasteiger partial charge on any atom is -0.376 e. The van der Waals surface area contributed by atoms with Crippen LogP contribution in [0.5, 0.6) is 0 Å². The van der Waals surface area contributed by atoms with E-state index in [0.717, 1.165) is 30.5 Å². The fraction of sp³-hybridized carbons (Fsp3) is 0.438. The first-order valence-corrected chi connectivity index (χ1v) is 8.22. The van der Waals surface area contributed by atoms with Gasteiger partial charge in [0.25, 0.3) is 0 Å². The molecule has 2 heterocycles. The third-order valence-electron chi connectivity index (χ3n) is 3.57. The Balaban J connectivity index is 1.92. The van der Waals surface area contributed by atoms with Gasteiger partial charge in [0, 0.05) is 6.61 Å². The van der Waals surface area contributed by atoms with E-state index in [1.54, 1.807) is 11.8 Å². The average molecular weight is 288 g/mol. The molecule has 1 aromatic carbocycles. The third-order valence-corrected chi connectivity index (χ3v) is 4.44. The van der Waals surface area contributed by atoms with Crippen LogP contribution in [0.15, 0.2) is 41.7 Å². The predicted molar refractivity (Wildman–Crippen MR) is 83.0 cm³/mol. The first-order valence-electron chi connectivity index (χ1n) is 7.24. The van der Waals surface area contributed by atoms with Gasteiger partial charge in [-0.25, -0.2) is 4.98 Å². The van der Waals surface area contributed by atoms with E-state index in [-0.39, 0.29) is 0 Å². The highest BCUT2D eigenvalue weighted by Crippen LogP contribution is 2.28. The summed E-state index contributed by atoms with van der Waals surface area (Å²) >= 11 is 1.80. The Bertz CT molecular complexity index is 547. The monoisotopic (exact) mass is 288 g/mol. The fourth-order valence-corrected chi connectivity index (χ4v) is 3.32. The van der Waals surface area contributed by atoms with E-state index < -0.39 is 0 Å². The lowest BCUT2D eigenvalue weighted by molar-refractivity contribution is 0.0954. The summed E-state index contributed by atoms with van der Waals surface area (Å²) in [5, 5.41) is 1.10. The van der Waals surface area contributed by atoms with Gasteiger partial charge in [-0.2, -0.15) is 0 Å². The van der Waals surface area contributed by atoms with E-state index in [0.29, 0.717) is 6.10 Å². The van der Waals surface area contributed by atoms with E-state index in [1.807, 2.05) is 12.3 Å². The molecule has 0 radical (unpaired) electrons. The zero-order valence-electron chi connectivity index (χ0n) is 11.8. The van der Waals surface area contributed by atoms with Gasteiger partial charge in [-0.1, -0.05) is 49.0 Å². The third kappa shape index (κ3) is 2.91. The molecule has 0 unspecified atom stereocenters. The van der Waals surface area contributed by atoms with Crippen LogP contribution in [0.3, 0.4) is 0 Å². The Labute approximate surface area is 124 Å². The first kappa shape index (κ1) is 13.7. The Kier molecular flexibility index (Phi) is 4.43. The highest BCUT2D eigenvalue weighted by Gasteiger charge is 2.20. The molecule has 1 aliphatic heterocycles.